The first kappa shape index (κ1) is 25.0. The fraction of sp³-hybridized carbons (Fsp3) is 0.909. The minimum atomic E-state index is -0.737. The second-order valence-corrected chi connectivity index (χ2v) is 11.3. The Hall–Kier alpha value is -1.31. The molecule has 2 rings (SSSR count). The molecule has 0 spiro atoms. The number of rotatable bonds is 6. The lowest BCUT2D eigenvalue weighted by Gasteiger charge is -2.36. The second kappa shape index (κ2) is 11.9. The van der Waals surface area contributed by atoms with Gasteiger partial charge in [0.15, 0.2) is 5.96 Å². The third-order valence-corrected chi connectivity index (χ3v) is 7.42. The molecule has 4 unspecified atom stereocenters. The molecule has 174 valence electrons. The Morgan fingerprint density at radius 3 is 2.60 bits per heavy atom. The molecule has 1 heterocycles. The van der Waals surface area contributed by atoms with Crippen molar-refractivity contribution in [1.29, 1.82) is 0 Å². The van der Waals surface area contributed by atoms with Gasteiger partial charge in [-0.3, -0.25) is 9.20 Å². The SMILES string of the molecule is CCNC(=NCC1CCCCN1C(=O)OC(C)(C)C)NC1CCCC(S(=O)CC)C1. The zero-order valence-electron chi connectivity index (χ0n) is 19.5. The van der Waals surface area contributed by atoms with E-state index in [1.54, 1.807) is 0 Å². The quantitative estimate of drug-likeness (QED) is 0.486. The molecule has 0 aromatic carbocycles. The highest BCUT2D eigenvalue weighted by atomic mass is 32.2. The standard InChI is InChI=1S/C22H42N4O3S/c1-6-23-20(25-17-11-10-13-19(15-17)30(28)7-2)24-16-18-12-8-9-14-26(18)21(27)29-22(3,4)5/h17-19H,6-16H2,1-5H3,(H2,23,24,25). The number of carbonyl (C=O) groups is 1. The van der Waals surface area contributed by atoms with Gasteiger partial charge in [-0.15, -0.1) is 0 Å². The molecule has 1 saturated heterocycles. The number of piperidine rings is 1. The number of carbonyl (C=O) groups excluding carboxylic acids is 1. The molecule has 30 heavy (non-hydrogen) atoms. The van der Waals surface area contributed by atoms with Gasteiger partial charge < -0.3 is 20.3 Å². The van der Waals surface area contributed by atoms with E-state index in [0.717, 1.165) is 69.7 Å². The smallest absolute Gasteiger partial charge is 0.410 e. The maximum Gasteiger partial charge on any atom is 0.410 e. The number of hydrogen-bond acceptors (Lipinski definition) is 4. The van der Waals surface area contributed by atoms with Gasteiger partial charge in [-0.25, -0.2) is 4.79 Å². The molecule has 1 aliphatic carbocycles. The average Bonchev–Trinajstić information content (AvgIpc) is 2.70. The van der Waals surface area contributed by atoms with Crippen LogP contribution in [0.4, 0.5) is 4.79 Å². The highest BCUT2D eigenvalue weighted by Gasteiger charge is 2.31. The van der Waals surface area contributed by atoms with Crippen molar-refractivity contribution in [2.45, 2.75) is 102 Å². The molecule has 8 heteroatoms. The van der Waals surface area contributed by atoms with Gasteiger partial charge in [-0.2, -0.15) is 0 Å². The highest BCUT2D eigenvalue weighted by molar-refractivity contribution is 7.85. The van der Waals surface area contributed by atoms with Crippen LogP contribution in [0.3, 0.4) is 0 Å². The first-order chi connectivity index (χ1) is 14.2. The summed E-state index contributed by atoms with van der Waals surface area (Å²) in [6.45, 7) is 11.8. The van der Waals surface area contributed by atoms with Crippen LogP contribution in [0.5, 0.6) is 0 Å². The van der Waals surface area contributed by atoms with E-state index in [2.05, 4.69) is 17.6 Å². The van der Waals surface area contributed by atoms with Crippen molar-refractivity contribution < 1.29 is 13.7 Å². The third-order valence-electron chi connectivity index (χ3n) is 5.68. The lowest BCUT2D eigenvalue weighted by atomic mass is 9.95. The number of amides is 1. The Morgan fingerprint density at radius 1 is 1.17 bits per heavy atom. The Morgan fingerprint density at radius 2 is 1.93 bits per heavy atom. The first-order valence-electron chi connectivity index (χ1n) is 11.6. The number of aliphatic imine (C=N–C) groups is 1. The number of ether oxygens (including phenoxy) is 1. The van der Waals surface area contributed by atoms with Gasteiger partial charge >= 0.3 is 6.09 Å². The van der Waals surface area contributed by atoms with Crippen molar-refractivity contribution in [3.63, 3.8) is 0 Å². The normalized spacial score (nSPS) is 26.8. The lowest BCUT2D eigenvalue weighted by molar-refractivity contribution is 0.0109. The van der Waals surface area contributed by atoms with Crippen LogP contribution in [0, 0.1) is 0 Å². The number of guanidine groups is 1. The summed E-state index contributed by atoms with van der Waals surface area (Å²) in [6, 6.07) is 0.362. The summed E-state index contributed by atoms with van der Waals surface area (Å²) in [5.41, 5.74) is -0.491. The molecule has 0 aromatic rings. The first-order valence-corrected chi connectivity index (χ1v) is 13.0. The highest BCUT2D eigenvalue weighted by Crippen LogP contribution is 2.23. The average molecular weight is 443 g/mol. The minimum Gasteiger partial charge on any atom is -0.444 e. The Balaban J connectivity index is 1.99. The molecule has 4 atom stereocenters. The van der Waals surface area contributed by atoms with Gasteiger partial charge in [0.2, 0.25) is 0 Å². The fourth-order valence-electron chi connectivity index (χ4n) is 4.21. The largest absolute Gasteiger partial charge is 0.444 e. The molecule has 1 amide bonds. The summed E-state index contributed by atoms with van der Waals surface area (Å²) >= 11 is 0. The van der Waals surface area contributed by atoms with Crippen molar-refractivity contribution in [3.05, 3.63) is 0 Å². The molecule has 0 bridgehead atoms. The topological polar surface area (TPSA) is 83.0 Å². The van der Waals surface area contributed by atoms with Crippen LogP contribution in [0.1, 0.15) is 79.6 Å². The predicted octanol–water partition coefficient (Wildman–Crippen LogP) is 3.41. The van der Waals surface area contributed by atoms with Crippen molar-refractivity contribution in [2.75, 3.05) is 25.4 Å². The summed E-state index contributed by atoms with van der Waals surface area (Å²) in [4.78, 5) is 19.3. The number of nitrogens with zero attached hydrogens (tertiary/aromatic N) is 2. The number of likely N-dealkylation sites (tertiary alicyclic amines) is 1. The zero-order valence-corrected chi connectivity index (χ0v) is 20.4. The molecule has 2 N–H and O–H groups in total. The summed E-state index contributed by atoms with van der Waals surface area (Å²) < 4.78 is 17.8. The van der Waals surface area contributed by atoms with Crippen LogP contribution in [0.25, 0.3) is 0 Å². The van der Waals surface area contributed by atoms with E-state index in [0.29, 0.717) is 12.6 Å². The zero-order chi connectivity index (χ0) is 22.1. The summed E-state index contributed by atoms with van der Waals surface area (Å²) in [7, 11) is -0.737. The molecular weight excluding hydrogens is 400 g/mol. The molecule has 2 aliphatic rings. The van der Waals surface area contributed by atoms with Crippen LogP contribution in [-0.2, 0) is 15.5 Å². The third kappa shape index (κ3) is 8.08. The van der Waals surface area contributed by atoms with Crippen LogP contribution in [-0.4, -0.2) is 69.5 Å². The Labute approximate surface area is 185 Å². The molecule has 7 nitrogen and oxygen atoms in total. The second-order valence-electron chi connectivity index (χ2n) is 9.34. The van der Waals surface area contributed by atoms with Crippen molar-refractivity contribution in [2.24, 2.45) is 4.99 Å². The van der Waals surface area contributed by atoms with Gasteiger partial charge in [0.1, 0.15) is 5.60 Å². The number of nitrogens with one attached hydrogen (secondary N) is 2. The molecule has 1 saturated carbocycles. The molecular formula is C22H42N4O3S. The lowest BCUT2D eigenvalue weighted by Crippen LogP contribution is -2.49. The minimum absolute atomic E-state index is 0.0655. The predicted molar refractivity (Wildman–Crippen MR) is 124 cm³/mol. The van der Waals surface area contributed by atoms with Crippen LogP contribution in [0.15, 0.2) is 4.99 Å². The Kier molecular flexibility index (Phi) is 9.91. The fourth-order valence-corrected chi connectivity index (χ4v) is 5.56. The van der Waals surface area contributed by atoms with E-state index in [1.165, 1.54) is 0 Å². The molecule has 0 radical (unpaired) electrons. The maximum absolute atomic E-state index is 12.6. The van der Waals surface area contributed by atoms with Gasteiger partial charge in [-0.05, 0) is 66.2 Å². The van der Waals surface area contributed by atoms with Crippen molar-refractivity contribution in [3.8, 4) is 0 Å². The van der Waals surface area contributed by atoms with Crippen LogP contribution in [0.2, 0.25) is 0 Å². The van der Waals surface area contributed by atoms with E-state index in [9.17, 15) is 9.00 Å². The van der Waals surface area contributed by atoms with E-state index in [4.69, 9.17) is 9.73 Å². The van der Waals surface area contributed by atoms with Crippen LogP contribution < -0.4 is 10.6 Å². The van der Waals surface area contributed by atoms with E-state index < -0.39 is 16.4 Å². The van der Waals surface area contributed by atoms with Crippen LogP contribution >= 0.6 is 0 Å². The molecule has 0 aromatic heterocycles. The summed E-state index contributed by atoms with van der Waals surface area (Å²) in [6.07, 6.45) is 6.99. The maximum atomic E-state index is 12.6. The Bertz CT molecular complexity index is 606. The monoisotopic (exact) mass is 442 g/mol. The molecule has 1 aliphatic heterocycles. The summed E-state index contributed by atoms with van der Waals surface area (Å²) in [5.74, 6) is 1.52. The van der Waals surface area contributed by atoms with Gasteiger partial charge in [0, 0.05) is 40.9 Å². The van der Waals surface area contributed by atoms with Gasteiger partial charge in [-0.1, -0.05) is 13.3 Å². The number of hydrogen-bond donors (Lipinski definition) is 2. The van der Waals surface area contributed by atoms with Crippen molar-refractivity contribution >= 4 is 22.9 Å². The van der Waals surface area contributed by atoms with E-state index >= 15 is 0 Å². The van der Waals surface area contributed by atoms with E-state index in [-0.39, 0.29) is 17.4 Å². The van der Waals surface area contributed by atoms with E-state index in [1.807, 2.05) is 32.6 Å². The molecule has 2 fully saturated rings. The van der Waals surface area contributed by atoms with Gasteiger partial charge in [0.05, 0.1) is 12.6 Å². The summed E-state index contributed by atoms with van der Waals surface area (Å²) in [5, 5.41) is 7.18. The van der Waals surface area contributed by atoms with Crippen molar-refractivity contribution in [1.82, 2.24) is 15.5 Å². The van der Waals surface area contributed by atoms with Gasteiger partial charge in [0.25, 0.3) is 0 Å².